The van der Waals surface area contributed by atoms with Crippen LogP contribution < -0.4 is 11.5 Å². The normalized spacial score (nSPS) is 25.8. The zero-order chi connectivity index (χ0) is 14.6. The maximum atomic E-state index is 11.5. The van der Waals surface area contributed by atoms with Crippen LogP contribution in [0.15, 0.2) is 24.3 Å². The smallest absolute Gasteiger partial charge is 0.237 e. The Labute approximate surface area is 125 Å². The van der Waals surface area contributed by atoms with E-state index < -0.39 is 5.54 Å². The summed E-state index contributed by atoms with van der Waals surface area (Å²) >= 11 is 1.91. The highest BCUT2D eigenvalue weighted by Crippen LogP contribution is 2.36. The number of hydrogen-bond donors (Lipinski definition) is 2. The Morgan fingerprint density at radius 1 is 1.45 bits per heavy atom. The summed E-state index contributed by atoms with van der Waals surface area (Å²) in [6.07, 6.45) is 3.78. The van der Waals surface area contributed by atoms with Crippen molar-refractivity contribution in [2.24, 2.45) is 17.4 Å². The Kier molecular flexibility index (Phi) is 5.11. The monoisotopic (exact) mass is 292 g/mol. The second kappa shape index (κ2) is 6.64. The van der Waals surface area contributed by atoms with Crippen molar-refractivity contribution in [2.75, 3.05) is 5.75 Å². The molecule has 0 radical (unpaired) electrons. The van der Waals surface area contributed by atoms with Gasteiger partial charge in [-0.1, -0.05) is 30.7 Å². The van der Waals surface area contributed by atoms with E-state index in [1.165, 1.54) is 11.1 Å². The largest absolute Gasteiger partial charge is 0.368 e. The lowest BCUT2D eigenvalue weighted by molar-refractivity contribution is -0.124. The second-order valence-corrected chi connectivity index (χ2v) is 6.87. The molecule has 0 aliphatic heterocycles. The van der Waals surface area contributed by atoms with Crippen molar-refractivity contribution in [3.05, 3.63) is 35.4 Å². The molecule has 4 N–H and O–H groups in total. The summed E-state index contributed by atoms with van der Waals surface area (Å²) < 4.78 is 0. The maximum Gasteiger partial charge on any atom is 0.237 e. The number of carbonyl (C=O) groups is 1. The summed E-state index contributed by atoms with van der Waals surface area (Å²) in [5.41, 5.74) is 13.6. The van der Waals surface area contributed by atoms with E-state index in [4.69, 9.17) is 11.5 Å². The first-order valence-electron chi connectivity index (χ1n) is 7.25. The molecule has 2 atom stereocenters. The van der Waals surface area contributed by atoms with Gasteiger partial charge in [-0.05, 0) is 49.0 Å². The van der Waals surface area contributed by atoms with Crippen LogP contribution in [0, 0.1) is 12.8 Å². The van der Waals surface area contributed by atoms with Gasteiger partial charge in [-0.3, -0.25) is 4.79 Å². The van der Waals surface area contributed by atoms with E-state index in [0.717, 1.165) is 37.2 Å². The Morgan fingerprint density at radius 2 is 2.20 bits per heavy atom. The van der Waals surface area contributed by atoms with Gasteiger partial charge in [0.25, 0.3) is 0 Å². The van der Waals surface area contributed by atoms with Crippen molar-refractivity contribution < 1.29 is 4.79 Å². The molecular weight excluding hydrogens is 268 g/mol. The van der Waals surface area contributed by atoms with Crippen LogP contribution in [0.5, 0.6) is 0 Å². The van der Waals surface area contributed by atoms with Crippen molar-refractivity contribution in [3.63, 3.8) is 0 Å². The standard InChI is InChI=1S/C16H24N2OS/c1-12-5-2-3-6-13(12)11-20-10-8-14-7-4-9-16(14,18)15(17)19/h2-3,5-6,14H,4,7-11,18H2,1H3,(H2,17,19). The van der Waals surface area contributed by atoms with Gasteiger partial charge in [-0.25, -0.2) is 0 Å². The Morgan fingerprint density at radius 3 is 2.90 bits per heavy atom. The van der Waals surface area contributed by atoms with Crippen LogP contribution in [0.3, 0.4) is 0 Å². The van der Waals surface area contributed by atoms with E-state index in [0.29, 0.717) is 0 Å². The van der Waals surface area contributed by atoms with Crippen molar-refractivity contribution in [1.82, 2.24) is 0 Å². The maximum absolute atomic E-state index is 11.5. The summed E-state index contributed by atoms with van der Waals surface area (Å²) in [6, 6.07) is 8.47. The Hall–Kier alpha value is -1.00. The van der Waals surface area contributed by atoms with E-state index in [2.05, 4.69) is 31.2 Å². The van der Waals surface area contributed by atoms with E-state index >= 15 is 0 Å². The minimum Gasteiger partial charge on any atom is -0.368 e. The molecule has 1 aliphatic carbocycles. The molecule has 0 heterocycles. The lowest BCUT2D eigenvalue weighted by Gasteiger charge is -2.27. The average molecular weight is 292 g/mol. The van der Waals surface area contributed by atoms with Crippen LogP contribution in [0.25, 0.3) is 0 Å². The van der Waals surface area contributed by atoms with Gasteiger partial charge >= 0.3 is 0 Å². The van der Waals surface area contributed by atoms with Crippen molar-refractivity contribution in [3.8, 4) is 0 Å². The summed E-state index contributed by atoms with van der Waals surface area (Å²) in [4.78, 5) is 11.5. The Balaban J connectivity index is 1.79. The van der Waals surface area contributed by atoms with Gasteiger partial charge in [0.15, 0.2) is 0 Å². The highest BCUT2D eigenvalue weighted by atomic mass is 32.2. The molecule has 20 heavy (non-hydrogen) atoms. The fraction of sp³-hybridized carbons (Fsp3) is 0.562. The molecule has 0 saturated heterocycles. The van der Waals surface area contributed by atoms with Crippen molar-refractivity contribution in [1.29, 1.82) is 0 Å². The SMILES string of the molecule is Cc1ccccc1CSCCC1CCCC1(N)C(N)=O. The van der Waals surface area contributed by atoms with Gasteiger partial charge in [0.05, 0.1) is 5.54 Å². The van der Waals surface area contributed by atoms with Crippen LogP contribution in [-0.2, 0) is 10.5 Å². The van der Waals surface area contributed by atoms with Gasteiger partial charge in [0.1, 0.15) is 0 Å². The zero-order valence-corrected chi connectivity index (χ0v) is 12.9. The number of nitrogens with two attached hydrogens (primary N) is 2. The lowest BCUT2D eigenvalue weighted by Crippen LogP contribution is -2.54. The molecule has 1 fully saturated rings. The number of primary amides is 1. The topological polar surface area (TPSA) is 69.1 Å². The average Bonchev–Trinajstić information content (AvgIpc) is 2.79. The summed E-state index contributed by atoms with van der Waals surface area (Å²) in [5.74, 6) is 1.98. The molecule has 2 unspecified atom stereocenters. The highest BCUT2D eigenvalue weighted by Gasteiger charge is 2.43. The van der Waals surface area contributed by atoms with Gasteiger partial charge in [0, 0.05) is 5.75 Å². The van der Waals surface area contributed by atoms with Crippen LogP contribution >= 0.6 is 11.8 Å². The fourth-order valence-corrected chi connectivity index (χ4v) is 4.15. The van der Waals surface area contributed by atoms with Crippen molar-refractivity contribution >= 4 is 17.7 Å². The van der Waals surface area contributed by atoms with E-state index in [9.17, 15) is 4.79 Å². The van der Waals surface area contributed by atoms with Crippen LogP contribution in [-0.4, -0.2) is 17.2 Å². The van der Waals surface area contributed by atoms with Crippen LogP contribution in [0.4, 0.5) is 0 Å². The van der Waals surface area contributed by atoms with E-state index in [-0.39, 0.29) is 11.8 Å². The van der Waals surface area contributed by atoms with E-state index in [1.807, 2.05) is 11.8 Å². The highest BCUT2D eigenvalue weighted by molar-refractivity contribution is 7.98. The number of rotatable bonds is 6. The molecule has 0 spiro atoms. The first-order chi connectivity index (χ1) is 9.54. The third-order valence-corrected chi connectivity index (χ3v) is 5.50. The predicted octanol–water partition coefficient (Wildman–Crippen LogP) is 2.60. The molecule has 110 valence electrons. The van der Waals surface area contributed by atoms with Gasteiger partial charge in [-0.15, -0.1) is 0 Å². The molecule has 1 aromatic carbocycles. The quantitative estimate of drug-likeness (QED) is 0.792. The molecule has 2 rings (SSSR count). The number of aryl methyl sites for hydroxylation is 1. The molecule has 4 heteroatoms. The van der Waals surface area contributed by atoms with Crippen LogP contribution in [0.1, 0.15) is 36.8 Å². The first kappa shape index (κ1) is 15.4. The molecule has 3 nitrogen and oxygen atoms in total. The predicted molar refractivity (Wildman–Crippen MR) is 85.4 cm³/mol. The summed E-state index contributed by atoms with van der Waals surface area (Å²) in [6.45, 7) is 2.14. The van der Waals surface area contributed by atoms with Crippen LogP contribution in [0.2, 0.25) is 0 Å². The number of thioether (sulfide) groups is 1. The molecule has 1 aromatic rings. The zero-order valence-electron chi connectivity index (χ0n) is 12.1. The van der Waals surface area contributed by atoms with Gasteiger partial charge in [0.2, 0.25) is 5.91 Å². The molecule has 1 amide bonds. The van der Waals surface area contributed by atoms with E-state index in [1.54, 1.807) is 0 Å². The summed E-state index contributed by atoms with van der Waals surface area (Å²) in [5, 5.41) is 0. The molecule has 1 saturated carbocycles. The first-order valence-corrected chi connectivity index (χ1v) is 8.40. The van der Waals surface area contributed by atoms with Gasteiger partial charge < -0.3 is 11.5 Å². The number of carbonyl (C=O) groups excluding carboxylic acids is 1. The van der Waals surface area contributed by atoms with Gasteiger partial charge in [-0.2, -0.15) is 11.8 Å². The third kappa shape index (κ3) is 3.36. The number of benzene rings is 1. The number of hydrogen-bond acceptors (Lipinski definition) is 3. The molecular formula is C16H24N2OS. The summed E-state index contributed by atoms with van der Waals surface area (Å²) in [7, 11) is 0. The minimum absolute atomic E-state index is 0.254. The van der Waals surface area contributed by atoms with Crippen molar-refractivity contribution in [2.45, 2.75) is 43.9 Å². The third-order valence-electron chi connectivity index (χ3n) is 4.46. The fourth-order valence-electron chi connectivity index (χ4n) is 3.01. The minimum atomic E-state index is -0.761. The number of amides is 1. The lowest BCUT2D eigenvalue weighted by atomic mass is 9.85. The molecule has 1 aliphatic rings. The second-order valence-electron chi connectivity index (χ2n) is 5.76. The molecule has 0 bridgehead atoms. The Bertz CT molecular complexity index is 477. The molecule has 0 aromatic heterocycles.